The summed E-state index contributed by atoms with van der Waals surface area (Å²) in [5.74, 6) is 0.246. The van der Waals surface area contributed by atoms with Crippen LogP contribution < -0.4 is 20.7 Å². The van der Waals surface area contributed by atoms with Crippen LogP contribution in [0.4, 0.5) is 5.69 Å². The maximum atomic E-state index is 13.9. The molecule has 1 heterocycles. The van der Waals surface area contributed by atoms with Crippen LogP contribution in [0.1, 0.15) is 51.9 Å². The third-order valence-electron chi connectivity index (χ3n) is 7.93. The third kappa shape index (κ3) is 6.18. The fourth-order valence-corrected chi connectivity index (χ4v) is 5.65. The van der Waals surface area contributed by atoms with E-state index in [0.29, 0.717) is 24.4 Å². The zero-order valence-electron chi connectivity index (χ0n) is 22.7. The maximum absolute atomic E-state index is 13.9. The molecule has 1 aliphatic heterocycles. The monoisotopic (exact) mass is 520 g/mol. The van der Waals surface area contributed by atoms with Gasteiger partial charge in [-0.25, -0.2) is 0 Å². The molecule has 38 heavy (non-hydrogen) atoms. The highest BCUT2D eigenvalue weighted by Crippen LogP contribution is 2.35. The molecule has 3 amide bonds. The minimum absolute atomic E-state index is 0.0832. The smallest absolute Gasteiger partial charge is 0.247 e. The van der Waals surface area contributed by atoms with Gasteiger partial charge in [-0.3, -0.25) is 14.4 Å². The number of likely N-dealkylation sites (N-methyl/N-ethyl adjacent to an activating group) is 1. The maximum Gasteiger partial charge on any atom is 0.247 e. The van der Waals surface area contributed by atoms with Gasteiger partial charge in [0.1, 0.15) is 17.8 Å². The van der Waals surface area contributed by atoms with Gasteiger partial charge in [0.15, 0.2) is 0 Å². The summed E-state index contributed by atoms with van der Waals surface area (Å²) < 4.78 is 5.54. The quantitative estimate of drug-likeness (QED) is 0.465. The number of carbonyl (C=O) groups excluding carboxylic acids is 3. The number of amides is 3. The molecule has 0 bridgehead atoms. The van der Waals surface area contributed by atoms with Crippen LogP contribution in [0, 0.1) is 5.92 Å². The highest BCUT2D eigenvalue weighted by Gasteiger charge is 2.41. The number of ether oxygens (including phenoxy) is 1. The zero-order valence-corrected chi connectivity index (χ0v) is 22.7. The second-order valence-corrected chi connectivity index (χ2v) is 10.3. The molecule has 1 aliphatic carbocycles. The Morgan fingerprint density at radius 1 is 0.921 bits per heavy atom. The van der Waals surface area contributed by atoms with Crippen molar-refractivity contribution in [2.24, 2.45) is 5.92 Å². The molecule has 1 saturated heterocycles. The Hall–Kier alpha value is -3.39. The summed E-state index contributed by atoms with van der Waals surface area (Å²) in [5, 5.41) is 9.07. The van der Waals surface area contributed by atoms with E-state index < -0.39 is 18.1 Å². The van der Waals surface area contributed by atoms with Crippen LogP contribution in [0.15, 0.2) is 48.5 Å². The summed E-state index contributed by atoms with van der Waals surface area (Å²) in [4.78, 5) is 42.0. The molecule has 8 heteroatoms. The Balaban J connectivity index is 1.54. The summed E-state index contributed by atoms with van der Waals surface area (Å²) >= 11 is 0. The van der Waals surface area contributed by atoms with Gasteiger partial charge in [-0.15, -0.1) is 0 Å². The van der Waals surface area contributed by atoms with Crippen molar-refractivity contribution >= 4 is 23.4 Å². The average molecular weight is 521 g/mol. The van der Waals surface area contributed by atoms with Gasteiger partial charge in [-0.1, -0.05) is 55.7 Å². The first-order chi connectivity index (χ1) is 18.4. The number of methoxy groups -OCH3 is 1. The van der Waals surface area contributed by atoms with E-state index in [1.165, 1.54) is 0 Å². The molecule has 3 atom stereocenters. The molecular formula is C30H40N4O4. The number of para-hydroxylation sites is 2. The largest absolute Gasteiger partial charge is 0.496 e. The van der Waals surface area contributed by atoms with Crippen molar-refractivity contribution in [3.05, 3.63) is 48.5 Å². The molecule has 0 spiro atoms. The van der Waals surface area contributed by atoms with E-state index in [1.807, 2.05) is 48.5 Å². The van der Waals surface area contributed by atoms with Crippen molar-refractivity contribution in [1.82, 2.24) is 15.5 Å². The third-order valence-corrected chi connectivity index (χ3v) is 7.93. The number of nitrogens with zero attached hydrogens (tertiary/aromatic N) is 1. The second-order valence-electron chi connectivity index (χ2n) is 10.3. The number of hydrogen-bond donors (Lipinski definition) is 3. The minimum Gasteiger partial charge on any atom is -0.496 e. The van der Waals surface area contributed by atoms with Crippen molar-refractivity contribution in [2.45, 2.75) is 70.0 Å². The van der Waals surface area contributed by atoms with Crippen LogP contribution in [-0.2, 0) is 14.4 Å². The van der Waals surface area contributed by atoms with Crippen LogP contribution >= 0.6 is 0 Å². The molecule has 0 radical (unpaired) electrons. The van der Waals surface area contributed by atoms with E-state index in [4.69, 9.17) is 4.74 Å². The van der Waals surface area contributed by atoms with Crippen molar-refractivity contribution in [2.75, 3.05) is 26.0 Å². The molecule has 2 aliphatic rings. The lowest BCUT2D eigenvalue weighted by Gasteiger charge is -2.35. The highest BCUT2D eigenvalue weighted by atomic mass is 16.5. The summed E-state index contributed by atoms with van der Waals surface area (Å²) in [6.45, 7) is 2.29. The standard InChI is InChI=1S/C30H40N4O4/c1-20(31-2)28(35)33-27(21-12-5-4-6-13-21)30(37)34-19-11-17-25(34)29(36)32-24-16-9-7-14-22(24)23-15-8-10-18-26(23)38-3/h7-10,14-16,18,20-21,25,27,31H,4-6,11-13,17,19H2,1-3H3,(H,32,36)(H,33,35)/t20-,25-,27-/m0/s1. The molecular weight excluding hydrogens is 480 g/mol. The van der Waals surface area contributed by atoms with Crippen molar-refractivity contribution in [3.63, 3.8) is 0 Å². The van der Waals surface area contributed by atoms with Crippen LogP contribution in [0.25, 0.3) is 11.1 Å². The van der Waals surface area contributed by atoms with Gasteiger partial charge in [0, 0.05) is 23.4 Å². The van der Waals surface area contributed by atoms with Crippen molar-refractivity contribution < 1.29 is 19.1 Å². The van der Waals surface area contributed by atoms with Crippen molar-refractivity contribution in [1.29, 1.82) is 0 Å². The first-order valence-electron chi connectivity index (χ1n) is 13.8. The molecule has 204 valence electrons. The van der Waals surface area contributed by atoms with Gasteiger partial charge in [0.2, 0.25) is 17.7 Å². The predicted molar refractivity (Wildman–Crippen MR) is 149 cm³/mol. The molecule has 4 rings (SSSR count). The Labute approximate surface area is 225 Å². The van der Waals surface area contributed by atoms with Gasteiger partial charge in [0.25, 0.3) is 0 Å². The van der Waals surface area contributed by atoms with Crippen molar-refractivity contribution in [3.8, 4) is 16.9 Å². The summed E-state index contributed by atoms with van der Waals surface area (Å²) in [5.41, 5.74) is 2.40. The number of likely N-dealkylation sites (tertiary alicyclic amines) is 1. The number of rotatable bonds is 9. The van der Waals surface area contributed by atoms with Gasteiger partial charge >= 0.3 is 0 Å². The molecule has 1 saturated carbocycles. The highest BCUT2D eigenvalue weighted by molar-refractivity contribution is 6.01. The fourth-order valence-electron chi connectivity index (χ4n) is 5.65. The summed E-state index contributed by atoms with van der Waals surface area (Å²) in [6.07, 6.45) is 6.40. The molecule has 0 unspecified atom stereocenters. The summed E-state index contributed by atoms with van der Waals surface area (Å²) in [6, 6.07) is 13.7. The Kier molecular flexibility index (Phi) is 9.39. The first-order valence-corrected chi connectivity index (χ1v) is 13.8. The Morgan fingerprint density at radius 3 is 2.32 bits per heavy atom. The van der Waals surface area contributed by atoms with E-state index in [2.05, 4.69) is 16.0 Å². The van der Waals surface area contributed by atoms with Gasteiger partial charge < -0.3 is 25.6 Å². The van der Waals surface area contributed by atoms with E-state index in [0.717, 1.165) is 49.7 Å². The predicted octanol–water partition coefficient (Wildman–Crippen LogP) is 3.96. The zero-order chi connectivity index (χ0) is 27.1. The van der Waals surface area contributed by atoms with Crippen LogP contribution in [-0.4, -0.2) is 61.4 Å². The average Bonchev–Trinajstić information content (AvgIpc) is 3.46. The van der Waals surface area contributed by atoms with Crippen LogP contribution in [0.2, 0.25) is 0 Å². The fraction of sp³-hybridized carbons (Fsp3) is 0.500. The topological polar surface area (TPSA) is 99.8 Å². The number of hydrogen-bond acceptors (Lipinski definition) is 5. The number of carbonyl (C=O) groups is 3. The van der Waals surface area contributed by atoms with Gasteiger partial charge in [-0.2, -0.15) is 0 Å². The first kappa shape index (κ1) is 27.6. The lowest BCUT2D eigenvalue weighted by Crippen LogP contribution is -2.57. The molecule has 2 fully saturated rings. The summed E-state index contributed by atoms with van der Waals surface area (Å²) in [7, 11) is 3.35. The minimum atomic E-state index is -0.618. The number of anilines is 1. The van der Waals surface area contributed by atoms with E-state index in [-0.39, 0.29) is 23.6 Å². The second kappa shape index (κ2) is 12.9. The molecule has 2 aromatic rings. The van der Waals surface area contributed by atoms with Crippen LogP contribution in [0.5, 0.6) is 5.75 Å². The Morgan fingerprint density at radius 2 is 1.61 bits per heavy atom. The SMILES string of the molecule is CN[C@@H](C)C(=O)N[C@H](C(=O)N1CCC[C@H]1C(=O)Nc1ccccc1-c1ccccc1OC)C1CCCCC1. The van der Waals surface area contributed by atoms with Crippen LogP contribution in [0.3, 0.4) is 0 Å². The van der Waals surface area contributed by atoms with E-state index in [1.54, 1.807) is 26.0 Å². The number of nitrogens with one attached hydrogen (secondary N) is 3. The van der Waals surface area contributed by atoms with E-state index in [9.17, 15) is 14.4 Å². The lowest BCUT2D eigenvalue weighted by molar-refractivity contribution is -0.142. The Bertz CT molecular complexity index is 1130. The van der Waals surface area contributed by atoms with Gasteiger partial charge in [-0.05, 0) is 57.7 Å². The molecule has 8 nitrogen and oxygen atoms in total. The molecule has 2 aromatic carbocycles. The number of benzene rings is 2. The molecule has 3 N–H and O–H groups in total. The molecule has 0 aromatic heterocycles. The van der Waals surface area contributed by atoms with E-state index >= 15 is 0 Å². The normalized spacial score (nSPS) is 19.4. The van der Waals surface area contributed by atoms with Gasteiger partial charge in [0.05, 0.1) is 13.2 Å². The lowest BCUT2D eigenvalue weighted by atomic mass is 9.83.